The van der Waals surface area contributed by atoms with Crippen molar-refractivity contribution < 1.29 is 5.11 Å². The minimum atomic E-state index is -0.471. The van der Waals surface area contributed by atoms with Crippen molar-refractivity contribution in [3.05, 3.63) is 35.4 Å². The van der Waals surface area contributed by atoms with E-state index in [9.17, 15) is 5.11 Å². The van der Waals surface area contributed by atoms with Crippen LogP contribution in [0.2, 0.25) is 0 Å². The quantitative estimate of drug-likeness (QED) is 0.815. The second-order valence-corrected chi connectivity index (χ2v) is 5.37. The zero-order valence-electron chi connectivity index (χ0n) is 11.4. The van der Waals surface area contributed by atoms with Crippen molar-refractivity contribution in [2.75, 3.05) is 6.54 Å². The fraction of sp³-hybridized carbons (Fsp3) is 0.529. The number of hydrogen-bond acceptors (Lipinski definition) is 2. The molecule has 2 heteroatoms. The summed E-state index contributed by atoms with van der Waals surface area (Å²) < 4.78 is 0. The lowest BCUT2D eigenvalue weighted by atomic mass is 10.0. The van der Waals surface area contributed by atoms with Crippen molar-refractivity contribution in [3.8, 4) is 11.8 Å². The van der Waals surface area contributed by atoms with Gasteiger partial charge in [-0.3, -0.25) is 0 Å². The highest BCUT2D eigenvalue weighted by atomic mass is 16.3. The zero-order chi connectivity index (χ0) is 13.5. The molecule has 102 valence electrons. The predicted molar refractivity (Wildman–Crippen MR) is 78.5 cm³/mol. The standard InChI is InChI=1S/C17H23NO/c18-12-11-17(19)16-10-4-9-15(13-16)8-3-7-14-5-1-2-6-14/h4,9-10,13-14,17,19H,1-2,5-7,11-12,18H2. The molecule has 1 atom stereocenters. The van der Waals surface area contributed by atoms with Crippen LogP contribution in [0.15, 0.2) is 24.3 Å². The van der Waals surface area contributed by atoms with Crippen LogP contribution in [0.1, 0.15) is 55.8 Å². The molecule has 0 amide bonds. The van der Waals surface area contributed by atoms with Crippen LogP contribution in [-0.4, -0.2) is 11.7 Å². The van der Waals surface area contributed by atoms with Gasteiger partial charge in [-0.15, -0.1) is 0 Å². The van der Waals surface area contributed by atoms with E-state index >= 15 is 0 Å². The Kier molecular flexibility index (Phi) is 5.44. The predicted octanol–water partition coefficient (Wildman–Crippen LogP) is 3.00. The molecule has 3 N–H and O–H groups in total. The van der Waals surface area contributed by atoms with E-state index in [1.54, 1.807) is 0 Å². The Morgan fingerprint density at radius 2 is 2.11 bits per heavy atom. The Balaban J connectivity index is 1.96. The Labute approximate surface area is 116 Å². The molecular weight excluding hydrogens is 234 g/mol. The maximum Gasteiger partial charge on any atom is 0.0802 e. The summed E-state index contributed by atoms with van der Waals surface area (Å²) in [6.07, 6.45) is 6.55. The van der Waals surface area contributed by atoms with Crippen LogP contribution in [0.3, 0.4) is 0 Å². The molecule has 0 spiro atoms. The van der Waals surface area contributed by atoms with Crippen LogP contribution in [-0.2, 0) is 0 Å². The molecule has 0 bridgehead atoms. The van der Waals surface area contributed by atoms with E-state index in [-0.39, 0.29) is 0 Å². The summed E-state index contributed by atoms with van der Waals surface area (Å²) in [6.45, 7) is 0.499. The van der Waals surface area contributed by atoms with E-state index in [4.69, 9.17) is 5.73 Å². The first kappa shape index (κ1) is 14.1. The summed E-state index contributed by atoms with van der Waals surface area (Å²) in [5.41, 5.74) is 7.37. The van der Waals surface area contributed by atoms with Gasteiger partial charge in [0.05, 0.1) is 6.10 Å². The third-order valence-electron chi connectivity index (χ3n) is 3.81. The highest BCUT2D eigenvalue weighted by Crippen LogP contribution is 2.26. The molecule has 1 aromatic rings. The lowest BCUT2D eigenvalue weighted by Gasteiger charge is -2.09. The van der Waals surface area contributed by atoms with Crippen LogP contribution >= 0.6 is 0 Å². The van der Waals surface area contributed by atoms with Crippen molar-refractivity contribution in [3.63, 3.8) is 0 Å². The lowest BCUT2D eigenvalue weighted by Crippen LogP contribution is -2.06. The van der Waals surface area contributed by atoms with Crippen LogP contribution in [0, 0.1) is 17.8 Å². The van der Waals surface area contributed by atoms with Gasteiger partial charge in [-0.25, -0.2) is 0 Å². The first-order valence-electron chi connectivity index (χ1n) is 7.26. The van der Waals surface area contributed by atoms with E-state index in [0.29, 0.717) is 13.0 Å². The Morgan fingerprint density at radius 1 is 1.32 bits per heavy atom. The summed E-state index contributed by atoms with van der Waals surface area (Å²) in [6, 6.07) is 7.86. The first-order chi connectivity index (χ1) is 9.29. The fourth-order valence-corrected chi connectivity index (χ4v) is 2.66. The number of benzene rings is 1. The zero-order valence-corrected chi connectivity index (χ0v) is 11.4. The first-order valence-corrected chi connectivity index (χ1v) is 7.26. The molecule has 1 aliphatic carbocycles. The van der Waals surface area contributed by atoms with Crippen molar-refractivity contribution in [1.29, 1.82) is 0 Å². The van der Waals surface area contributed by atoms with Crippen LogP contribution in [0.4, 0.5) is 0 Å². The molecule has 1 aromatic carbocycles. The number of rotatable bonds is 4. The summed E-state index contributed by atoms with van der Waals surface area (Å²) in [7, 11) is 0. The Bertz CT molecular complexity index is 452. The molecular formula is C17H23NO. The normalized spacial score (nSPS) is 16.9. The van der Waals surface area contributed by atoms with E-state index in [2.05, 4.69) is 11.8 Å². The SMILES string of the molecule is NCCC(O)c1cccc(C#CCC2CCCC2)c1. The summed E-state index contributed by atoms with van der Waals surface area (Å²) in [5.74, 6) is 7.31. The smallest absolute Gasteiger partial charge is 0.0802 e. The average molecular weight is 257 g/mol. The second kappa shape index (κ2) is 7.33. The molecule has 0 heterocycles. The van der Waals surface area contributed by atoms with Gasteiger partial charge in [0, 0.05) is 12.0 Å². The van der Waals surface area contributed by atoms with Gasteiger partial charge in [0.25, 0.3) is 0 Å². The van der Waals surface area contributed by atoms with Crippen molar-refractivity contribution in [2.45, 2.75) is 44.6 Å². The van der Waals surface area contributed by atoms with Gasteiger partial charge in [-0.2, -0.15) is 0 Å². The number of aliphatic hydroxyl groups is 1. The summed E-state index contributed by atoms with van der Waals surface area (Å²) in [5, 5.41) is 9.91. The highest BCUT2D eigenvalue weighted by molar-refractivity contribution is 5.37. The van der Waals surface area contributed by atoms with Crippen molar-refractivity contribution >= 4 is 0 Å². The largest absolute Gasteiger partial charge is 0.388 e. The molecule has 1 unspecified atom stereocenters. The van der Waals surface area contributed by atoms with E-state index in [1.807, 2.05) is 24.3 Å². The monoisotopic (exact) mass is 257 g/mol. The number of nitrogens with two attached hydrogens (primary N) is 1. The molecule has 0 aliphatic heterocycles. The Hall–Kier alpha value is -1.30. The van der Waals surface area contributed by atoms with Gasteiger partial charge in [0.15, 0.2) is 0 Å². The molecule has 0 saturated heterocycles. The molecule has 1 aliphatic rings. The summed E-state index contributed by atoms with van der Waals surface area (Å²) in [4.78, 5) is 0. The van der Waals surface area contributed by atoms with Crippen molar-refractivity contribution in [2.24, 2.45) is 11.7 Å². The Morgan fingerprint density at radius 3 is 2.84 bits per heavy atom. The third-order valence-corrected chi connectivity index (χ3v) is 3.81. The van der Waals surface area contributed by atoms with Crippen LogP contribution in [0.25, 0.3) is 0 Å². The molecule has 0 radical (unpaired) electrons. The van der Waals surface area contributed by atoms with Crippen molar-refractivity contribution in [1.82, 2.24) is 0 Å². The molecule has 0 aromatic heterocycles. The topological polar surface area (TPSA) is 46.2 Å². The fourth-order valence-electron chi connectivity index (χ4n) is 2.66. The third kappa shape index (κ3) is 4.38. The van der Waals surface area contributed by atoms with E-state index < -0.39 is 6.10 Å². The van der Waals surface area contributed by atoms with Gasteiger partial charge in [-0.05, 0) is 49.4 Å². The van der Waals surface area contributed by atoms with Crippen LogP contribution in [0.5, 0.6) is 0 Å². The summed E-state index contributed by atoms with van der Waals surface area (Å²) >= 11 is 0. The molecule has 2 rings (SSSR count). The van der Waals surface area contributed by atoms with Crippen LogP contribution < -0.4 is 5.73 Å². The maximum atomic E-state index is 9.91. The number of aliphatic hydroxyl groups excluding tert-OH is 1. The molecule has 1 fully saturated rings. The van der Waals surface area contributed by atoms with Gasteiger partial charge >= 0.3 is 0 Å². The number of hydrogen-bond donors (Lipinski definition) is 2. The van der Waals surface area contributed by atoms with Gasteiger partial charge < -0.3 is 10.8 Å². The van der Waals surface area contributed by atoms with E-state index in [0.717, 1.165) is 23.5 Å². The molecule has 2 nitrogen and oxygen atoms in total. The van der Waals surface area contributed by atoms with E-state index in [1.165, 1.54) is 25.7 Å². The molecule has 1 saturated carbocycles. The minimum absolute atomic E-state index is 0.471. The minimum Gasteiger partial charge on any atom is -0.388 e. The van der Waals surface area contributed by atoms with Gasteiger partial charge in [-0.1, -0.05) is 36.8 Å². The lowest BCUT2D eigenvalue weighted by molar-refractivity contribution is 0.170. The van der Waals surface area contributed by atoms with Gasteiger partial charge in [0.2, 0.25) is 0 Å². The second-order valence-electron chi connectivity index (χ2n) is 5.37. The molecule has 19 heavy (non-hydrogen) atoms. The average Bonchev–Trinajstić information content (AvgIpc) is 2.93. The highest BCUT2D eigenvalue weighted by Gasteiger charge is 2.13. The maximum absolute atomic E-state index is 9.91. The van der Waals surface area contributed by atoms with Gasteiger partial charge in [0.1, 0.15) is 0 Å².